The number of carbonyl (C=O) groups excluding carboxylic acids is 3. The number of carbonyl (C=O) groups is 3. The summed E-state index contributed by atoms with van der Waals surface area (Å²) in [5, 5.41) is 6.13. The summed E-state index contributed by atoms with van der Waals surface area (Å²) in [6.45, 7) is 14.9. The van der Waals surface area contributed by atoms with Gasteiger partial charge in [0.15, 0.2) is 0 Å². The lowest BCUT2D eigenvalue weighted by Crippen LogP contribution is -2.61. The molecule has 0 saturated carbocycles. The van der Waals surface area contributed by atoms with Gasteiger partial charge < -0.3 is 15.5 Å². The summed E-state index contributed by atoms with van der Waals surface area (Å²) in [5.41, 5.74) is -0.0551. The molecular formula is C29H48N4O5S2. The van der Waals surface area contributed by atoms with E-state index in [1.807, 2.05) is 83.5 Å². The Hall–Kier alpha value is -2.37. The number of sulfonamides is 1. The van der Waals surface area contributed by atoms with Gasteiger partial charge in [0.1, 0.15) is 6.04 Å². The maximum atomic E-state index is 13.9. The highest BCUT2D eigenvalue weighted by molar-refractivity contribution is 7.91. The van der Waals surface area contributed by atoms with E-state index in [1.54, 1.807) is 20.2 Å². The Morgan fingerprint density at radius 1 is 1.02 bits per heavy atom. The Morgan fingerprint density at radius 3 is 2.02 bits per heavy atom. The van der Waals surface area contributed by atoms with Crippen LogP contribution in [0.25, 0.3) is 0 Å². The van der Waals surface area contributed by atoms with Crippen molar-refractivity contribution in [3.05, 3.63) is 47.5 Å². The van der Waals surface area contributed by atoms with Crippen LogP contribution in [0, 0.1) is 11.3 Å². The molecule has 11 heteroatoms. The van der Waals surface area contributed by atoms with E-state index in [1.165, 1.54) is 11.8 Å². The van der Waals surface area contributed by atoms with Gasteiger partial charge in [-0.3, -0.25) is 14.4 Å². The first kappa shape index (κ1) is 35.7. The van der Waals surface area contributed by atoms with Crippen LogP contribution in [0.15, 0.2) is 42.0 Å². The lowest BCUT2D eigenvalue weighted by Gasteiger charge is -2.40. The second-order valence-electron chi connectivity index (χ2n) is 12.1. The normalized spacial score (nSPS) is 15.2. The van der Waals surface area contributed by atoms with Crippen LogP contribution in [-0.4, -0.2) is 74.8 Å². The summed E-state index contributed by atoms with van der Waals surface area (Å²) in [7, 11) is -0.462. The van der Waals surface area contributed by atoms with Gasteiger partial charge in [0.05, 0.1) is 17.8 Å². The fourth-order valence-electron chi connectivity index (χ4n) is 4.56. The molecule has 0 saturated heterocycles. The minimum atomic E-state index is -3.81. The predicted molar refractivity (Wildman–Crippen MR) is 165 cm³/mol. The minimum absolute atomic E-state index is 0.0775. The molecule has 0 heterocycles. The molecule has 0 aliphatic carbocycles. The van der Waals surface area contributed by atoms with E-state index >= 15 is 0 Å². The average Bonchev–Trinajstić information content (AvgIpc) is 2.84. The fraction of sp³-hybridized carbons (Fsp3) is 0.621. The molecule has 0 aromatic heterocycles. The van der Waals surface area contributed by atoms with E-state index in [0.717, 1.165) is 5.56 Å². The molecule has 1 unspecified atom stereocenters. The molecule has 1 aromatic carbocycles. The topological polar surface area (TPSA) is 125 Å². The van der Waals surface area contributed by atoms with Gasteiger partial charge in [0.2, 0.25) is 21.8 Å². The van der Waals surface area contributed by atoms with Gasteiger partial charge in [-0.2, -0.15) is 12.6 Å². The third kappa shape index (κ3) is 9.62. The van der Waals surface area contributed by atoms with E-state index < -0.39 is 44.9 Å². The van der Waals surface area contributed by atoms with Crippen LogP contribution in [0.2, 0.25) is 0 Å². The highest BCUT2D eigenvalue weighted by atomic mass is 32.2. The Labute approximate surface area is 246 Å². The summed E-state index contributed by atoms with van der Waals surface area (Å²) >= 11 is 3.92. The van der Waals surface area contributed by atoms with Crippen molar-refractivity contribution in [2.45, 2.75) is 78.9 Å². The van der Waals surface area contributed by atoms with Crippen molar-refractivity contribution in [1.82, 2.24) is 20.3 Å². The number of likely N-dealkylation sites (N-methyl/N-ethyl adjacent to an activating group) is 2. The van der Waals surface area contributed by atoms with Crippen LogP contribution in [0.4, 0.5) is 0 Å². The molecule has 1 rings (SSSR count). The predicted octanol–water partition coefficient (Wildman–Crippen LogP) is 2.89. The molecule has 0 spiro atoms. The van der Waals surface area contributed by atoms with Gasteiger partial charge in [0.25, 0.3) is 5.91 Å². The van der Waals surface area contributed by atoms with Gasteiger partial charge in [-0.25, -0.2) is 13.1 Å². The van der Waals surface area contributed by atoms with Crippen molar-refractivity contribution in [1.29, 1.82) is 0 Å². The van der Waals surface area contributed by atoms with Crippen LogP contribution in [0.3, 0.4) is 0 Å². The lowest BCUT2D eigenvalue weighted by molar-refractivity contribution is -0.140. The molecule has 40 heavy (non-hydrogen) atoms. The SMILES string of the molecule is CN[C@H](C(=O)N[C@H](C(=O)N(C)C(C=C(C)C(=O)NS(=O)(=O)CCS)C(C)C)C(C)(C)C)C(C)(C)c1ccccc1. The second kappa shape index (κ2) is 14.5. The number of amides is 3. The summed E-state index contributed by atoms with van der Waals surface area (Å²) in [6, 6.07) is 7.69. The zero-order valence-corrected chi connectivity index (χ0v) is 27.2. The third-order valence-electron chi connectivity index (χ3n) is 7.05. The number of hydrogen-bond donors (Lipinski definition) is 4. The molecule has 0 aliphatic heterocycles. The molecule has 0 aliphatic rings. The monoisotopic (exact) mass is 596 g/mol. The molecule has 3 amide bonds. The first-order valence-electron chi connectivity index (χ1n) is 13.4. The molecule has 3 atom stereocenters. The Kier molecular flexibility index (Phi) is 12.9. The fourth-order valence-corrected chi connectivity index (χ4v) is 6.06. The maximum Gasteiger partial charge on any atom is 0.260 e. The van der Waals surface area contributed by atoms with Crippen molar-refractivity contribution in [3.8, 4) is 0 Å². The van der Waals surface area contributed by atoms with Crippen molar-refractivity contribution in [2.75, 3.05) is 25.6 Å². The number of hydrogen-bond acceptors (Lipinski definition) is 7. The van der Waals surface area contributed by atoms with E-state index in [4.69, 9.17) is 0 Å². The molecular weight excluding hydrogens is 548 g/mol. The second-order valence-corrected chi connectivity index (χ2v) is 14.4. The summed E-state index contributed by atoms with van der Waals surface area (Å²) in [4.78, 5) is 41.7. The van der Waals surface area contributed by atoms with E-state index in [-0.39, 0.29) is 34.8 Å². The minimum Gasteiger partial charge on any atom is -0.342 e. The summed E-state index contributed by atoms with van der Waals surface area (Å²) in [5.74, 6) is -1.70. The van der Waals surface area contributed by atoms with Crippen LogP contribution in [0.5, 0.6) is 0 Å². The van der Waals surface area contributed by atoms with Gasteiger partial charge in [0, 0.05) is 23.8 Å². The van der Waals surface area contributed by atoms with Crippen LogP contribution in [-0.2, 0) is 29.8 Å². The maximum absolute atomic E-state index is 13.9. The highest BCUT2D eigenvalue weighted by Crippen LogP contribution is 2.29. The van der Waals surface area contributed by atoms with E-state index in [2.05, 4.69) is 23.3 Å². The zero-order valence-electron chi connectivity index (χ0n) is 25.5. The zero-order chi connectivity index (χ0) is 31.1. The van der Waals surface area contributed by atoms with Crippen molar-refractivity contribution < 1.29 is 22.8 Å². The Morgan fingerprint density at radius 2 is 1.57 bits per heavy atom. The molecule has 0 radical (unpaired) electrons. The number of nitrogens with zero attached hydrogens (tertiary/aromatic N) is 1. The molecule has 0 bridgehead atoms. The molecule has 1 aromatic rings. The Bertz CT molecular complexity index is 1160. The standard InChI is InChI=1S/C29H48N4O5S2/c1-19(2)22(18-20(3)25(34)32-40(37,38)17-16-39)33(10)27(36)24(28(4,5)6)31-26(35)23(30-9)29(7,8)21-14-12-11-13-15-21/h11-15,18-19,22-24,30,39H,16-17H2,1-10H3,(H,31,35)(H,32,34)/t22?,23-,24-/m1/s1. The largest absolute Gasteiger partial charge is 0.342 e. The van der Waals surface area contributed by atoms with Gasteiger partial charge in [-0.05, 0) is 30.9 Å². The molecule has 9 nitrogen and oxygen atoms in total. The number of rotatable bonds is 13. The van der Waals surface area contributed by atoms with Gasteiger partial charge >= 0.3 is 0 Å². The van der Waals surface area contributed by atoms with Crippen molar-refractivity contribution in [3.63, 3.8) is 0 Å². The van der Waals surface area contributed by atoms with E-state index in [9.17, 15) is 22.8 Å². The van der Waals surface area contributed by atoms with Crippen LogP contribution >= 0.6 is 12.6 Å². The summed E-state index contributed by atoms with van der Waals surface area (Å²) in [6.07, 6.45) is 1.59. The highest BCUT2D eigenvalue weighted by Gasteiger charge is 2.41. The van der Waals surface area contributed by atoms with Gasteiger partial charge in [-0.15, -0.1) is 0 Å². The van der Waals surface area contributed by atoms with E-state index in [0.29, 0.717) is 0 Å². The quantitative estimate of drug-likeness (QED) is 0.205. The molecule has 3 N–H and O–H groups in total. The molecule has 0 fully saturated rings. The Balaban J connectivity index is 3.30. The number of nitrogens with one attached hydrogen (secondary N) is 3. The number of thiol groups is 1. The van der Waals surface area contributed by atoms with Crippen molar-refractivity contribution >= 4 is 40.4 Å². The smallest absolute Gasteiger partial charge is 0.260 e. The third-order valence-corrected chi connectivity index (χ3v) is 8.82. The van der Waals surface area contributed by atoms with Crippen LogP contribution < -0.4 is 15.4 Å². The lowest BCUT2D eigenvalue weighted by atomic mass is 9.76. The average molecular weight is 597 g/mol. The van der Waals surface area contributed by atoms with Crippen LogP contribution in [0.1, 0.15) is 61.0 Å². The van der Waals surface area contributed by atoms with Gasteiger partial charge in [-0.1, -0.05) is 84.9 Å². The van der Waals surface area contributed by atoms with Crippen molar-refractivity contribution in [2.24, 2.45) is 11.3 Å². The first-order valence-corrected chi connectivity index (χ1v) is 15.7. The first-order chi connectivity index (χ1) is 18.3. The number of benzene rings is 1. The molecule has 226 valence electrons. The summed E-state index contributed by atoms with van der Waals surface area (Å²) < 4.78 is 26.1.